The van der Waals surface area contributed by atoms with Crippen LogP contribution in [0.4, 0.5) is 0 Å². The van der Waals surface area contributed by atoms with Gasteiger partial charge in [0.05, 0.1) is 6.61 Å². The zero-order chi connectivity index (χ0) is 43.5. The molecule has 0 aliphatic rings. The van der Waals surface area contributed by atoms with Crippen LogP contribution >= 0.6 is 0 Å². The quantitative estimate of drug-likeness (QED) is 0.0376. The maximum Gasteiger partial charge on any atom is 0.306 e. The van der Waals surface area contributed by atoms with E-state index in [1.165, 1.54) is 141 Å². The molecule has 0 saturated carbocycles. The number of carbonyl (C=O) groups excluding carboxylic acids is 2. The Morgan fingerprint density at radius 3 is 1.08 bits per heavy atom. The third-order valence-electron chi connectivity index (χ3n) is 11.0. The summed E-state index contributed by atoms with van der Waals surface area (Å²) < 4.78 is 10.6. The number of aliphatic hydroxyl groups is 1. The third kappa shape index (κ3) is 48.0. The molecule has 0 saturated heterocycles. The van der Waals surface area contributed by atoms with Crippen LogP contribution < -0.4 is 0 Å². The highest BCUT2D eigenvalue weighted by Crippen LogP contribution is 2.16. The van der Waals surface area contributed by atoms with Gasteiger partial charge in [-0.15, -0.1) is 0 Å². The standard InChI is InChI=1S/C55H96O5/c1-3-5-7-9-11-13-14-15-16-17-18-19-20-21-22-23-24-25-26-27-28-29-30-31-32-33-34-35-36-37-38-39-40-42-44-46-48-50-55(58)60-53(51-56)52-59-54(57)49-47-45-43-41-12-10-8-6-4-2/h5,7,11,13,15-16,18-19,21-22,24-25,53,56H,3-4,6,8-10,12,14,17,20,23,26-52H2,1-2H3/b7-5-,13-11-,16-15-,19-18-,22-21-,25-24-. The van der Waals surface area contributed by atoms with Gasteiger partial charge in [0.2, 0.25) is 0 Å². The topological polar surface area (TPSA) is 72.8 Å². The van der Waals surface area contributed by atoms with Gasteiger partial charge in [-0.05, 0) is 64.2 Å². The van der Waals surface area contributed by atoms with Crippen LogP contribution in [0.15, 0.2) is 72.9 Å². The fraction of sp³-hybridized carbons (Fsp3) is 0.745. The van der Waals surface area contributed by atoms with Crippen molar-refractivity contribution in [2.45, 2.75) is 251 Å². The normalized spacial score (nSPS) is 12.8. The van der Waals surface area contributed by atoms with E-state index in [-0.39, 0.29) is 25.2 Å². The van der Waals surface area contributed by atoms with Crippen molar-refractivity contribution < 1.29 is 24.2 Å². The summed E-state index contributed by atoms with van der Waals surface area (Å²) in [7, 11) is 0. The molecule has 5 nitrogen and oxygen atoms in total. The van der Waals surface area contributed by atoms with Gasteiger partial charge in [0.25, 0.3) is 0 Å². The van der Waals surface area contributed by atoms with Crippen molar-refractivity contribution in [2.24, 2.45) is 0 Å². The summed E-state index contributed by atoms with van der Waals surface area (Å²) >= 11 is 0. The first-order valence-corrected chi connectivity index (χ1v) is 25.5. The van der Waals surface area contributed by atoms with Crippen molar-refractivity contribution >= 4 is 11.9 Å². The van der Waals surface area contributed by atoms with Crippen LogP contribution in [0.5, 0.6) is 0 Å². The first-order chi connectivity index (χ1) is 29.6. The summed E-state index contributed by atoms with van der Waals surface area (Å²) in [5, 5.41) is 9.57. The smallest absolute Gasteiger partial charge is 0.306 e. The lowest BCUT2D eigenvalue weighted by Crippen LogP contribution is -2.28. The second kappa shape index (κ2) is 50.7. The Morgan fingerprint density at radius 1 is 0.400 bits per heavy atom. The number of ether oxygens (including phenoxy) is 2. The molecule has 0 spiro atoms. The van der Waals surface area contributed by atoms with Gasteiger partial charge >= 0.3 is 11.9 Å². The fourth-order valence-electron chi connectivity index (χ4n) is 7.21. The van der Waals surface area contributed by atoms with Crippen LogP contribution in [-0.4, -0.2) is 36.4 Å². The molecule has 1 unspecified atom stereocenters. The maximum absolute atomic E-state index is 12.2. The van der Waals surface area contributed by atoms with E-state index in [9.17, 15) is 14.7 Å². The van der Waals surface area contributed by atoms with E-state index in [0.29, 0.717) is 12.8 Å². The third-order valence-corrected chi connectivity index (χ3v) is 11.0. The van der Waals surface area contributed by atoms with Crippen molar-refractivity contribution in [3.63, 3.8) is 0 Å². The van der Waals surface area contributed by atoms with Crippen molar-refractivity contribution in [1.82, 2.24) is 0 Å². The predicted octanol–water partition coefficient (Wildman–Crippen LogP) is 16.9. The molecule has 0 amide bonds. The van der Waals surface area contributed by atoms with Crippen molar-refractivity contribution in [1.29, 1.82) is 0 Å². The SMILES string of the molecule is CC/C=C\C/C=C\C/C=C\C/C=C\C/C=C\C/C=C\CCCCCCCCCCCCCCCCCCCCC(=O)OC(CO)COC(=O)CCCCCCCCCCC. The molecule has 0 heterocycles. The van der Waals surface area contributed by atoms with Gasteiger partial charge in [0.1, 0.15) is 6.61 Å². The highest BCUT2D eigenvalue weighted by molar-refractivity contribution is 5.70. The number of esters is 2. The van der Waals surface area contributed by atoms with E-state index in [4.69, 9.17) is 9.47 Å². The molecular formula is C55H96O5. The monoisotopic (exact) mass is 837 g/mol. The predicted molar refractivity (Wildman–Crippen MR) is 260 cm³/mol. The minimum Gasteiger partial charge on any atom is -0.462 e. The lowest BCUT2D eigenvalue weighted by atomic mass is 10.0. The first kappa shape index (κ1) is 57.3. The van der Waals surface area contributed by atoms with Crippen LogP contribution in [0, 0.1) is 0 Å². The highest BCUT2D eigenvalue weighted by atomic mass is 16.6. The molecule has 0 aliphatic heterocycles. The minimum absolute atomic E-state index is 0.0633. The molecule has 1 N–H and O–H groups in total. The molecule has 0 aromatic carbocycles. The number of carbonyl (C=O) groups is 2. The van der Waals surface area contributed by atoms with Gasteiger partial charge in [-0.25, -0.2) is 0 Å². The van der Waals surface area contributed by atoms with E-state index in [1.807, 2.05) is 0 Å². The molecule has 0 rings (SSSR count). The van der Waals surface area contributed by atoms with Gasteiger partial charge in [-0.3, -0.25) is 9.59 Å². The number of rotatable bonds is 46. The summed E-state index contributed by atoms with van der Waals surface area (Å²) in [4.78, 5) is 24.3. The van der Waals surface area contributed by atoms with Crippen LogP contribution in [0.2, 0.25) is 0 Å². The zero-order valence-electron chi connectivity index (χ0n) is 39.5. The van der Waals surface area contributed by atoms with Gasteiger partial charge in [0.15, 0.2) is 6.10 Å². The van der Waals surface area contributed by atoms with Crippen molar-refractivity contribution in [3.05, 3.63) is 72.9 Å². The van der Waals surface area contributed by atoms with E-state index in [2.05, 4.69) is 86.8 Å². The number of hydrogen-bond donors (Lipinski definition) is 1. The van der Waals surface area contributed by atoms with E-state index in [1.54, 1.807) is 0 Å². The van der Waals surface area contributed by atoms with Crippen LogP contribution in [0.3, 0.4) is 0 Å². The van der Waals surface area contributed by atoms with Gasteiger partial charge < -0.3 is 14.6 Å². The first-order valence-electron chi connectivity index (χ1n) is 25.5. The molecular weight excluding hydrogens is 741 g/mol. The van der Waals surface area contributed by atoms with E-state index >= 15 is 0 Å². The average molecular weight is 837 g/mol. The Bertz CT molecular complexity index is 1080. The molecule has 0 bridgehead atoms. The summed E-state index contributed by atoms with van der Waals surface area (Å²) in [6, 6.07) is 0. The molecule has 0 aliphatic carbocycles. The Balaban J connectivity index is 3.43. The largest absolute Gasteiger partial charge is 0.462 e. The molecule has 0 aromatic rings. The Labute approximate surface area is 372 Å². The molecule has 60 heavy (non-hydrogen) atoms. The Morgan fingerprint density at radius 2 is 0.717 bits per heavy atom. The Hall–Kier alpha value is -2.66. The van der Waals surface area contributed by atoms with E-state index in [0.717, 1.165) is 77.0 Å². The van der Waals surface area contributed by atoms with Crippen LogP contribution in [0.1, 0.15) is 245 Å². The second-order valence-corrected chi connectivity index (χ2v) is 16.9. The Kier molecular flexibility index (Phi) is 48.4. The van der Waals surface area contributed by atoms with Crippen LogP contribution in [-0.2, 0) is 19.1 Å². The van der Waals surface area contributed by atoms with Crippen molar-refractivity contribution in [2.75, 3.05) is 13.2 Å². The van der Waals surface area contributed by atoms with Gasteiger partial charge in [-0.2, -0.15) is 0 Å². The lowest BCUT2D eigenvalue weighted by Gasteiger charge is -2.15. The molecule has 0 aromatic heterocycles. The number of aliphatic hydroxyl groups excluding tert-OH is 1. The maximum atomic E-state index is 12.2. The van der Waals surface area contributed by atoms with Gasteiger partial charge in [0, 0.05) is 12.8 Å². The molecule has 0 fully saturated rings. The summed E-state index contributed by atoms with van der Waals surface area (Å²) in [5.74, 6) is -0.587. The fourth-order valence-corrected chi connectivity index (χ4v) is 7.21. The second-order valence-electron chi connectivity index (χ2n) is 16.9. The number of unbranched alkanes of at least 4 members (excludes halogenated alkanes) is 26. The van der Waals surface area contributed by atoms with Crippen LogP contribution in [0.25, 0.3) is 0 Å². The summed E-state index contributed by atoms with van der Waals surface area (Å²) in [6.45, 7) is 4.01. The van der Waals surface area contributed by atoms with Crippen molar-refractivity contribution in [3.8, 4) is 0 Å². The molecule has 0 radical (unpaired) electrons. The number of allylic oxidation sites excluding steroid dienone is 12. The zero-order valence-corrected chi connectivity index (χ0v) is 39.5. The van der Waals surface area contributed by atoms with E-state index < -0.39 is 6.10 Å². The molecule has 5 heteroatoms. The summed E-state index contributed by atoms with van der Waals surface area (Å²) in [5.41, 5.74) is 0. The summed E-state index contributed by atoms with van der Waals surface area (Å²) in [6.07, 6.45) is 68.8. The molecule has 1 atom stereocenters. The minimum atomic E-state index is -0.768. The van der Waals surface area contributed by atoms with Gasteiger partial charge in [-0.1, -0.05) is 241 Å². The number of hydrogen-bond acceptors (Lipinski definition) is 5. The molecule has 346 valence electrons. The highest BCUT2D eigenvalue weighted by Gasteiger charge is 2.16. The average Bonchev–Trinajstić information content (AvgIpc) is 3.25. The lowest BCUT2D eigenvalue weighted by molar-refractivity contribution is -0.161.